The molecular formula is C28H27NO7. The highest BCUT2D eigenvalue weighted by Crippen LogP contribution is 2.31. The van der Waals surface area contributed by atoms with Gasteiger partial charge in [0.2, 0.25) is 6.10 Å². The van der Waals surface area contributed by atoms with Crippen LogP contribution in [0.4, 0.5) is 5.69 Å². The molecule has 1 atom stereocenters. The Hall–Kier alpha value is -4.33. The smallest absolute Gasteiger partial charge is 0.307 e. The maximum atomic E-state index is 13.2. The Balaban J connectivity index is 1.43. The van der Waals surface area contributed by atoms with Gasteiger partial charge in [0.15, 0.2) is 17.3 Å². The molecule has 186 valence electrons. The molecule has 0 aliphatic carbocycles. The number of rotatable bonds is 9. The number of carbonyl (C=O) groups is 3. The molecule has 1 aliphatic rings. The van der Waals surface area contributed by atoms with Gasteiger partial charge in [0, 0.05) is 17.5 Å². The van der Waals surface area contributed by atoms with Crippen molar-refractivity contribution >= 4 is 23.3 Å². The normalized spacial score (nSPS) is 12.8. The van der Waals surface area contributed by atoms with Crippen LogP contribution in [0.2, 0.25) is 0 Å². The minimum Gasteiger partial charge on any atom is -0.495 e. The molecule has 8 heteroatoms. The summed E-state index contributed by atoms with van der Waals surface area (Å²) in [6, 6.07) is 19.0. The highest BCUT2D eigenvalue weighted by Gasteiger charge is 2.26. The highest BCUT2D eigenvalue weighted by atomic mass is 16.6. The van der Waals surface area contributed by atoms with Crippen molar-refractivity contribution in [2.75, 3.05) is 25.6 Å². The number of methoxy groups -OCH3 is 1. The molecule has 0 spiro atoms. The summed E-state index contributed by atoms with van der Waals surface area (Å²) < 4.78 is 21.9. The summed E-state index contributed by atoms with van der Waals surface area (Å²) in [5.74, 6) is 0.130. The molecule has 0 saturated heterocycles. The molecule has 0 radical (unpaired) electrons. The number of benzene rings is 3. The van der Waals surface area contributed by atoms with Crippen molar-refractivity contribution in [3.63, 3.8) is 0 Å². The van der Waals surface area contributed by atoms with E-state index in [1.807, 2.05) is 13.0 Å². The summed E-state index contributed by atoms with van der Waals surface area (Å²) in [5.41, 5.74) is 2.31. The number of ether oxygens (including phenoxy) is 4. The van der Waals surface area contributed by atoms with Gasteiger partial charge < -0.3 is 24.3 Å². The number of ketones is 1. The first-order valence-electron chi connectivity index (χ1n) is 11.6. The molecule has 1 heterocycles. The lowest BCUT2D eigenvalue weighted by Crippen LogP contribution is -2.26. The minimum absolute atomic E-state index is 0.0761. The van der Waals surface area contributed by atoms with E-state index in [9.17, 15) is 14.4 Å². The Kier molecular flexibility index (Phi) is 7.85. The first kappa shape index (κ1) is 24.8. The summed E-state index contributed by atoms with van der Waals surface area (Å²) in [6.45, 7) is 2.76. The lowest BCUT2D eigenvalue weighted by Gasteiger charge is -2.19. The molecule has 1 N–H and O–H groups in total. The number of aryl methyl sites for hydroxylation is 1. The topological polar surface area (TPSA) is 100 Å². The van der Waals surface area contributed by atoms with E-state index in [-0.39, 0.29) is 18.6 Å². The largest absolute Gasteiger partial charge is 0.495 e. The van der Waals surface area contributed by atoms with Gasteiger partial charge in [-0.1, -0.05) is 36.4 Å². The summed E-state index contributed by atoms with van der Waals surface area (Å²) in [7, 11) is 1.51. The van der Waals surface area contributed by atoms with Crippen LogP contribution >= 0.6 is 0 Å². The molecule has 36 heavy (non-hydrogen) atoms. The van der Waals surface area contributed by atoms with Crippen molar-refractivity contribution in [2.24, 2.45) is 0 Å². The van der Waals surface area contributed by atoms with Gasteiger partial charge >= 0.3 is 5.97 Å². The number of carbonyl (C=O) groups excluding carboxylic acids is 3. The average molecular weight is 490 g/mol. The summed E-state index contributed by atoms with van der Waals surface area (Å²) in [6.07, 6.45) is -1.46. The van der Waals surface area contributed by atoms with Crippen molar-refractivity contribution in [2.45, 2.75) is 25.9 Å². The average Bonchev–Trinajstić information content (AvgIpc) is 2.90. The molecule has 3 aromatic carbocycles. The van der Waals surface area contributed by atoms with E-state index in [0.717, 1.165) is 5.56 Å². The number of hydrogen-bond donors (Lipinski definition) is 1. The van der Waals surface area contributed by atoms with E-state index in [2.05, 4.69) is 5.32 Å². The number of esters is 1. The second kappa shape index (κ2) is 11.4. The van der Waals surface area contributed by atoms with Gasteiger partial charge in [-0.3, -0.25) is 14.4 Å². The Labute approximate surface area is 209 Å². The van der Waals surface area contributed by atoms with E-state index >= 15 is 0 Å². The fourth-order valence-corrected chi connectivity index (χ4v) is 3.79. The zero-order valence-corrected chi connectivity index (χ0v) is 20.1. The number of fused-ring (bicyclic) bond motifs is 1. The van der Waals surface area contributed by atoms with Gasteiger partial charge in [-0.15, -0.1) is 0 Å². The standard InChI is InChI=1S/C28H27NO7/c1-18-8-11-23(33-2)21(16-18)29-28(32)27(19-6-4-3-5-7-19)36-26(31)13-10-22(30)20-9-12-24-25(17-20)35-15-14-34-24/h3-9,11-12,16-17,27H,10,13-15H2,1-2H3,(H,29,32). The van der Waals surface area contributed by atoms with Gasteiger partial charge in [0.1, 0.15) is 19.0 Å². The van der Waals surface area contributed by atoms with Crippen molar-refractivity contribution in [1.29, 1.82) is 0 Å². The van der Waals surface area contributed by atoms with Gasteiger partial charge in [-0.05, 0) is 42.8 Å². The van der Waals surface area contributed by atoms with Crippen LogP contribution in [0.3, 0.4) is 0 Å². The van der Waals surface area contributed by atoms with Crippen molar-refractivity contribution in [3.05, 3.63) is 83.4 Å². The lowest BCUT2D eigenvalue weighted by atomic mass is 10.1. The maximum absolute atomic E-state index is 13.2. The number of Topliss-reactive ketones (excluding diaryl/α,β-unsaturated/α-hetero) is 1. The van der Waals surface area contributed by atoms with Crippen LogP contribution in [0.5, 0.6) is 17.2 Å². The fourth-order valence-electron chi connectivity index (χ4n) is 3.79. The monoisotopic (exact) mass is 489 g/mol. The van der Waals surface area contributed by atoms with Crippen LogP contribution in [-0.4, -0.2) is 38.0 Å². The third kappa shape index (κ3) is 6.02. The summed E-state index contributed by atoms with van der Waals surface area (Å²) >= 11 is 0. The van der Waals surface area contributed by atoms with E-state index in [1.54, 1.807) is 60.7 Å². The lowest BCUT2D eigenvalue weighted by molar-refractivity contribution is -0.154. The summed E-state index contributed by atoms with van der Waals surface area (Å²) in [4.78, 5) is 38.6. The van der Waals surface area contributed by atoms with Crippen molar-refractivity contribution < 1.29 is 33.3 Å². The van der Waals surface area contributed by atoms with Crippen LogP contribution in [0, 0.1) is 6.92 Å². The van der Waals surface area contributed by atoms with Crippen LogP contribution in [0.1, 0.15) is 40.4 Å². The molecule has 0 saturated carbocycles. The van der Waals surface area contributed by atoms with Gasteiger partial charge in [0.25, 0.3) is 5.91 Å². The first-order valence-corrected chi connectivity index (χ1v) is 11.6. The molecular weight excluding hydrogens is 462 g/mol. The first-order chi connectivity index (χ1) is 17.4. The second-order valence-corrected chi connectivity index (χ2v) is 8.26. The van der Waals surface area contributed by atoms with Gasteiger partial charge in [0.05, 0.1) is 19.2 Å². The number of hydrogen-bond acceptors (Lipinski definition) is 7. The van der Waals surface area contributed by atoms with Crippen LogP contribution in [-0.2, 0) is 14.3 Å². The number of anilines is 1. The Morgan fingerprint density at radius 2 is 1.67 bits per heavy atom. The number of nitrogens with one attached hydrogen (secondary N) is 1. The second-order valence-electron chi connectivity index (χ2n) is 8.26. The molecule has 0 fully saturated rings. The Morgan fingerprint density at radius 3 is 2.42 bits per heavy atom. The number of amides is 1. The Bertz CT molecular complexity index is 1260. The molecule has 1 aliphatic heterocycles. The molecule has 8 nitrogen and oxygen atoms in total. The maximum Gasteiger partial charge on any atom is 0.307 e. The molecule has 1 unspecified atom stereocenters. The fraction of sp³-hybridized carbons (Fsp3) is 0.250. The van der Waals surface area contributed by atoms with Crippen LogP contribution in [0.15, 0.2) is 66.7 Å². The third-order valence-electron chi connectivity index (χ3n) is 5.62. The third-order valence-corrected chi connectivity index (χ3v) is 5.62. The van der Waals surface area contributed by atoms with Crippen LogP contribution < -0.4 is 19.5 Å². The van der Waals surface area contributed by atoms with Gasteiger partial charge in [-0.2, -0.15) is 0 Å². The predicted octanol–water partition coefficient (Wildman–Crippen LogP) is 4.66. The van der Waals surface area contributed by atoms with Gasteiger partial charge in [-0.25, -0.2) is 0 Å². The molecule has 3 aromatic rings. The SMILES string of the molecule is COc1ccc(C)cc1NC(=O)C(OC(=O)CCC(=O)c1ccc2c(c1)OCCO2)c1ccccc1. The molecule has 4 rings (SSSR count). The minimum atomic E-state index is -1.20. The molecule has 0 aromatic heterocycles. The van der Waals surface area contributed by atoms with E-state index < -0.39 is 18.0 Å². The van der Waals surface area contributed by atoms with E-state index in [4.69, 9.17) is 18.9 Å². The van der Waals surface area contributed by atoms with Crippen molar-refractivity contribution in [3.8, 4) is 17.2 Å². The molecule has 1 amide bonds. The van der Waals surface area contributed by atoms with Crippen molar-refractivity contribution in [1.82, 2.24) is 0 Å². The zero-order valence-electron chi connectivity index (χ0n) is 20.1. The molecule has 0 bridgehead atoms. The van der Waals surface area contributed by atoms with E-state index in [0.29, 0.717) is 47.3 Å². The zero-order chi connectivity index (χ0) is 25.5. The quantitative estimate of drug-likeness (QED) is 0.345. The predicted molar refractivity (Wildman–Crippen MR) is 133 cm³/mol. The summed E-state index contributed by atoms with van der Waals surface area (Å²) in [5, 5.41) is 2.79. The highest BCUT2D eigenvalue weighted by molar-refractivity contribution is 5.99. The van der Waals surface area contributed by atoms with Crippen LogP contribution in [0.25, 0.3) is 0 Å². The Morgan fingerprint density at radius 1 is 0.917 bits per heavy atom. The van der Waals surface area contributed by atoms with E-state index in [1.165, 1.54) is 7.11 Å².